The van der Waals surface area contributed by atoms with Crippen LogP contribution in [0.4, 0.5) is 0 Å². The molecule has 5 nitrogen and oxygen atoms in total. The van der Waals surface area contributed by atoms with E-state index in [4.69, 9.17) is 23.2 Å². The molecule has 1 atom stereocenters. The average molecular weight is 294 g/mol. The zero-order valence-electron chi connectivity index (χ0n) is 8.11. The Morgan fingerprint density at radius 1 is 1.12 bits per heavy atom. The van der Waals surface area contributed by atoms with E-state index in [1.54, 1.807) is 4.72 Å². The summed E-state index contributed by atoms with van der Waals surface area (Å²) in [5.41, 5.74) is 0.114. The molecule has 1 aromatic carbocycles. The van der Waals surface area contributed by atoms with Gasteiger partial charge in [-0.15, -0.1) is 0 Å². The number of rotatable bonds is 1. The van der Waals surface area contributed by atoms with Crippen molar-refractivity contribution in [1.82, 2.24) is 4.72 Å². The number of ketones is 1. The minimum Gasteiger partial charge on any atom is -0.287 e. The normalized spacial score (nSPS) is 22.6. The average Bonchev–Trinajstić information content (AvgIpc) is 2.41. The second kappa shape index (κ2) is 3.97. The summed E-state index contributed by atoms with van der Waals surface area (Å²) in [5.74, 6) is -2.16. The third-order valence-corrected chi connectivity index (χ3v) is 4.57. The van der Waals surface area contributed by atoms with E-state index in [1.807, 2.05) is 0 Å². The zero-order valence-corrected chi connectivity index (χ0v) is 10.4. The van der Waals surface area contributed by atoms with E-state index < -0.39 is 27.0 Å². The van der Waals surface area contributed by atoms with Crippen molar-refractivity contribution in [3.05, 3.63) is 33.8 Å². The van der Waals surface area contributed by atoms with Gasteiger partial charge in [-0.1, -0.05) is 29.3 Å². The number of sulfonamides is 1. The van der Waals surface area contributed by atoms with Crippen molar-refractivity contribution in [3.8, 4) is 0 Å². The highest BCUT2D eigenvalue weighted by Gasteiger charge is 2.46. The number of benzene rings is 1. The fourth-order valence-electron chi connectivity index (χ4n) is 1.50. The van der Waals surface area contributed by atoms with E-state index in [1.165, 1.54) is 18.2 Å². The first-order valence-electron chi connectivity index (χ1n) is 4.37. The second-order valence-corrected chi connectivity index (χ2v) is 5.97. The molecule has 1 aromatic rings. The summed E-state index contributed by atoms with van der Waals surface area (Å²) in [7, 11) is -4.02. The molecule has 1 N–H and O–H groups in total. The predicted molar refractivity (Wildman–Crippen MR) is 61.3 cm³/mol. The van der Waals surface area contributed by atoms with Gasteiger partial charge in [0.1, 0.15) is 0 Å². The van der Waals surface area contributed by atoms with E-state index in [-0.39, 0.29) is 15.6 Å². The van der Waals surface area contributed by atoms with Gasteiger partial charge >= 0.3 is 5.91 Å². The van der Waals surface area contributed by atoms with Crippen LogP contribution in [-0.2, 0) is 19.6 Å². The Balaban J connectivity index is 2.56. The Labute approximate surface area is 107 Å². The molecule has 1 heterocycles. The lowest BCUT2D eigenvalue weighted by atomic mass is 10.1. The van der Waals surface area contributed by atoms with Crippen LogP contribution in [0.15, 0.2) is 18.2 Å². The van der Waals surface area contributed by atoms with Gasteiger partial charge in [-0.05, 0) is 17.7 Å². The summed E-state index contributed by atoms with van der Waals surface area (Å²) >= 11 is 11.4. The van der Waals surface area contributed by atoms with Crippen molar-refractivity contribution >= 4 is 44.9 Å². The first-order chi connectivity index (χ1) is 7.83. The molecule has 1 saturated heterocycles. The molecule has 8 heteroatoms. The van der Waals surface area contributed by atoms with Gasteiger partial charge in [0.15, 0.2) is 5.25 Å². The Bertz CT molecular complexity index is 626. The minimum atomic E-state index is -4.02. The van der Waals surface area contributed by atoms with Gasteiger partial charge < -0.3 is 0 Å². The second-order valence-electron chi connectivity index (χ2n) is 3.39. The number of nitrogens with one attached hydrogen (secondary N) is 1. The molecule has 17 heavy (non-hydrogen) atoms. The quantitative estimate of drug-likeness (QED) is 0.785. The molecular formula is C9H5Cl2NO4S. The standard InChI is InChI=1S/C9H5Cl2NO4S/c10-5-2-1-4(3-6(5)11)8-7(13)9(14)12-17(8,15)16/h1-3,8H,(H,12,14). The Kier molecular flexibility index (Phi) is 2.89. The van der Waals surface area contributed by atoms with Crippen LogP contribution < -0.4 is 4.72 Å². The van der Waals surface area contributed by atoms with Gasteiger partial charge in [0.05, 0.1) is 10.0 Å². The fraction of sp³-hybridized carbons (Fsp3) is 0.111. The molecule has 0 spiro atoms. The summed E-state index contributed by atoms with van der Waals surface area (Å²) in [6, 6.07) is 3.96. The van der Waals surface area contributed by atoms with Crippen molar-refractivity contribution in [2.75, 3.05) is 0 Å². The molecule has 90 valence electrons. The monoisotopic (exact) mass is 293 g/mol. The van der Waals surface area contributed by atoms with Gasteiger partial charge in [-0.3, -0.25) is 9.59 Å². The summed E-state index contributed by atoms with van der Waals surface area (Å²) in [6.45, 7) is 0. The highest BCUT2D eigenvalue weighted by molar-refractivity contribution is 7.92. The van der Waals surface area contributed by atoms with Gasteiger partial charge in [-0.25, -0.2) is 13.1 Å². The molecule has 1 aliphatic rings. The van der Waals surface area contributed by atoms with Gasteiger partial charge in [-0.2, -0.15) is 0 Å². The lowest BCUT2D eigenvalue weighted by Gasteiger charge is -2.07. The van der Waals surface area contributed by atoms with Crippen LogP contribution in [-0.4, -0.2) is 20.1 Å². The third kappa shape index (κ3) is 2.03. The third-order valence-electron chi connectivity index (χ3n) is 2.25. The van der Waals surface area contributed by atoms with Crippen LogP contribution in [0.2, 0.25) is 10.0 Å². The number of amides is 1. The highest BCUT2D eigenvalue weighted by Crippen LogP contribution is 2.31. The first kappa shape index (κ1) is 12.3. The maximum atomic E-state index is 11.6. The summed E-state index contributed by atoms with van der Waals surface area (Å²) in [6.07, 6.45) is 0. The summed E-state index contributed by atoms with van der Waals surface area (Å²) in [4.78, 5) is 22.5. The van der Waals surface area contributed by atoms with Crippen molar-refractivity contribution in [2.24, 2.45) is 0 Å². The Morgan fingerprint density at radius 2 is 1.76 bits per heavy atom. The van der Waals surface area contributed by atoms with Crippen LogP contribution in [0.1, 0.15) is 10.8 Å². The molecule has 0 saturated carbocycles. The van der Waals surface area contributed by atoms with Crippen molar-refractivity contribution in [2.45, 2.75) is 5.25 Å². The molecule has 0 aliphatic carbocycles. The van der Waals surface area contributed by atoms with Crippen LogP contribution in [0, 0.1) is 0 Å². The molecular weight excluding hydrogens is 289 g/mol. The number of hydrogen-bond donors (Lipinski definition) is 1. The smallest absolute Gasteiger partial charge is 0.287 e. The molecule has 0 bridgehead atoms. The maximum Gasteiger partial charge on any atom is 0.302 e. The number of Topliss-reactive ketones (excluding diaryl/α,β-unsaturated/α-hetero) is 1. The number of hydrogen-bond acceptors (Lipinski definition) is 4. The fourth-order valence-corrected chi connectivity index (χ4v) is 3.18. The van der Waals surface area contributed by atoms with Gasteiger partial charge in [0, 0.05) is 0 Å². The topological polar surface area (TPSA) is 80.3 Å². The number of carbonyl (C=O) groups excluding carboxylic acids is 2. The predicted octanol–water partition coefficient (Wildman–Crippen LogP) is 1.06. The van der Waals surface area contributed by atoms with E-state index in [0.29, 0.717) is 0 Å². The van der Waals surface area contributed by atoms with Crippen molar-refractivity contribution in [3.63, 3.8) is 0 Å². The Hall–Kier alpha value is -1.11. The van der Waals surface area contributed by atoms with Crippen LogP contribution in [0.3, 0.4) is 0 Å². The summed E-state index contributed by atoms with van der Waals surface area (Å²) < 4.78 is 24.7. The van der Waals surface area contributed by atoms with Crippen molar-refractivity contribution < 1.29 is 18.0 Å². The molecule has 2 rings (SSSR count). The summed E-state index contributed by atoms with van der Waals surface area (Å²) in [5, 5.41) is -1.20. The van der Waals surface area contributed by atoms with Gasteiger partial charge in [0.25, 0.3) is 0 Å². The zero-order chi connectivity index (χ0) is 12.8. The molecule has 1 fully saturated rings. The molecule has 0 radical (unpaired) electrons. The molecule has 0 aromatic heterocycles. The van der Waals surface area contributed by atoms with E-state index in [2.05, 4.69) is 0 Å². The van der Waals surface area contributed by atoms with E-state index in [0.717, 1.165) is 0 Å². The Morgan fingerprint density at radius 3 is 2.24 bits per heavy atom. The first-order valence-corrected chi connectivity index (χ1v) is 6.68. The van der Waals surface area contributed by atoms with Crippen LogP contribution in [0.25, 0.3) is 0 Å². The molecule has 1 amide bonds. The lowest BCUT2D eigenvalue weighted by molar-refractivity contribution is -0.135. The minimum absolute atomic E-state index is 0.114. The SMILES string of the molecule is O=C1NS(=O)(=O)C(c2ccc(Cl)c(Cl)c2)C1=O. The van der Waals surface area contributed by atoms with E-state index in [9.17, 15) is 18.0 Å². The van der Waals surface area contributed by atoms with Crippen LogP contribution >= 0.6 is 23.2 Å². The lowest BCUT2D eigenvalue weighted by Crippen LogP contribution is -2.22. The molecule has 1 aliphatic heterocycles. The van der Waals surface area contributed by atoms with Crippen LogP contribution in [0.5, 0.6) is 0 Å². The van der Waals surface area contributed by atoms with Gasteiger partial charge in [0.2, 0.25) is 15.8 Å². The van der Waals surface area contributed by atoms with E-state index >= 15 is 0 Å². The maximum absolute atomic E-state index is 11.6. The largest absolute Gasteiger partial charge is 0.302 e. The molecule has 1 unspecified atom stereocenters. The number of carbonyl (C=O) groups is 2. The highest BCUT2D eigenvalue weighted by atomic mass is 35.5. The number of halogens is 2. The van der Waals surface area contributed by atoms with Crippen molar-refractivity contribution in [1.29, 1.82) is 0 Å².